The van der Waals surface area contributed by atoms with Crippen LogP contribution in [0.1, 0.15) is 33.1 Å². The quantitative estimate of drug-likeness (QED) is 0.822. The molecule has 2 N–H and O–H groups in total. The van der Waals surface area contributed by atoms with E-state index in [0.717, 1.165) is 36.6 Å². The standard InChI is InChI=1S/C13H22N4/c1-3-15-12-8-14-9-13(17-12)16-7-11-6-4-5-10(11)2/h8-11H,3-7H2,1-2H3,(H2,15,16,17). The van der Waals surface area contributed by atoms with Crippen LogP contribution in [-0.4, -0.2) is 23.1 Å². The summed E-state index contributed by atoms with van der Waals surface area (Å²) in [4.78, 5) is 8.64. The van der Waals surface area contributed by atoms with E-state index < -0.39 is 0 Å². The first-order chi connectivity index (χ1) is 8.29. The summed E-state index contributed by atoms with van der Waals surface area (Å²) in [7, 11) is 0. The van der Waals surface area contributed by atoms with Crippen molar-refractivity contribution in [2.24, 2.45) is 11.8 Å². The van der Waals surface area contributed by atoms with Gasteiger partial charge in [-0.15, -0.1) is 0 Å². The molecule has 1 aliphatic carbocycles. The fourth-order valence-corrected chi connectivity index (χ4v) is 2.48. The van der Waals surface area contributed by atoms with Crippen molar-refractivity contribution in [2.75, 3.05) is 23.7 Å². The molecule has 0 amide bonds. The normalized spacial score (nSPS) is 23.6. The molecule has 17 heavy (non-hydrogen) atoms. The molecule has 2 rings (SSSR count). The van der Waals surface area contributed by atoms with Crippen LogP contribution in [0, 0.1) is 11.8 Å². The lowest BCUT2D eigenvalue weighted by molar-refractivity contribution is 0.439. The van der Waals surface area contributed by atoms with Crippen LogP contribution in [0.3, 0.4) is 0 Å². The zero-order valence-corrected chi connectivity index (χ0v) is 10.7. The van der Waals surface area contributed by atoms with E-state index in [2.05, 4.69) is 34.4 Å². The van der Waals surface area contributed by atoms with E-state index in [1.54, 1.807) is 12.4 Å². The van der Waals surface area contributed by atoms with Crippen molar-refractivity contribution in [3.8, 4) is 0 Å². The molecular formula is C13H22N4. The second-order valence-electron chi connectivity index (χ2n) is 4.87. The van der Waals surface area contributed by atoms with Gasteiger partial charge in [0.25, 0.3) is 0 Å². The molecule has 1 heterocycles. The molecule has 0 aromatic carbocycles. The Hall–Kier alpha value is -1.32. The fraction of sp³-hybridized carbons (Fsp3) is 0.692. The third-order valence-corrected chi connectivity index (χ3v) is 3.58. The zero-order chi connectivity index (χ0) is 12.1. The minimum absolute atomic E-state index is 0.791. The third kappa shape index (κ3) is 3.32. The van der Waals surface area contributed by atoms with Gasteiger partial charge in [-0.2, -0.15) is 0 Å². The summed E-state index contributed by atoms with van der Waals surface area (Å²) in [5.74, 6) is 3.35. The summed E-state index contributed by atoms with van der Waals surface area (Å²) in [6.45, 7) is 6.30. The molecule has 0 radical (unpaired) electrons. The number of nitrogens with zero attached hydrogens (tertiary/aromatic N) is 2. The van der Waals surface area contributed by atoms with Gasteiger partial charge in [0.2, 0.25) is 0 Å². The molecule has 0 aliphatic heterocycles. The van der Waals surface area contributed by atoms with Gasteiger partial charge in [0.1, 0.15) is 11.6 Å². The molecule has 0 bridgehead atoms. The van der Waals surface area contributed by atoms with Crippen LogP contribution >= 0.6 is 0 Å². The molecule has 2 atom stereocenters. The van der Waals surface area contributed by atoms with Crippen LogP contribution in [0.2, 0.25) is 0 Å². The smallest absolute Gasteiger partial charge is 0.146 e. The Labute approximate surface area is 103 Å². The van der Waals surface area contributed by atoms with Crippen molar-refractivity contribution in [1.29, 1.82) is 0 Å². The van der Waals surface area contributed by atoms with E-state index in [-0.39, 0.29) is 0 Å². The van der Waals surface area contributed by atoms with Gasteiger partial charge in [-0.25, -0.2) is 4.98 Å². The van der Waals surface area contributed by atoms with E-state index in [0.29, 0.717) is 0 Å². The maximum absolute atomic E-state index is 4.46. The fourth-order valence-electron chi connectivity index (χ4n) is 2.48. The second-order valence-corrected chi connectivity index (χ2v) is 4.87. The number of aromatic nitrogens is 2. The van der Waals surface area contributed by atoms with Gasteiger partial charge < -0.3 is 10.6 Å². The van der Waals surface area contributed by atoms with Crippen LogP contribution in [0.25, 0.3) is 0 Å². The Morgan fingerprint density at radius 3 is 2.65 bits per heavy atom. The van der Waals surface area contributed by atoms with Crippen molar-refractivity contribution < 1.29 is 0 Å². The monoisotopic (exact) mass is 234 g/mol. The Kier molecular flexibility index (Phi) is 4.18. The van der Waals surface area contributed by atoms with E-state index in [9.17, 15) is 0 Å². The van der Waals surface area contributed by atoms with Crippen LogP contribution in [0.4, 0.5) is 11.6 Å². The first-order valence-corrected chi connectivity index (χ1v) is 6.59. The summed E-state index contributed by atoms with van der Waals surface area (Å²) in [6, 6.07) is 0. The molecule has 94 valence electrons. The highest BCUT2D eigenvalue weighted by Gasteiger charge is 2.22. The number of nitrogens with one attached hydrogen (secondary N) is 2. The van der Waals surface area contributed by atoms with E-state index in [1.807, 2.05) is 0 Å². The maximum atomic E-state index is 4.46. The highest BCUT2D eigenvalue weighted by molar-refractivity contribution is 5.41. The van der Waals surface area contributed by atoms with Crippen LogP contribution < -0.4 is 10.6 Å². The molecule has 2 unspecified atom stereocenters. The average molecular weight is 234 g/mol. The molecular weight excluding hydrogens is 212 g/mol. The number of hydrogen-bond donors (Lipinski definition) is 2. The minimum atomic E-state index is 0.791. The van der Waals surface area contributed by atoms with Gasteiger partial charge >= 0.3 is 0 Å². The summed E-state index contributed by atoms with van der Waals surface area (Å²) in [5.41, 5.74) is 0. The summed E-state index contributed by atoms with van der Waals surface area (Å²) >= 11 is 0. The number of anilines is 2. The number of rotatable bonds is 5. The average Bonchev–Trinajstić information content (AvgIpc) is 2.73. The van der Waals surface area contributed by atoms with Crippen molar-refractivity contribution in [3.05, 3.63) is 12.4 Å². The lowest BCUT2D eigenvalue weighted by atomic mass is 9.98. The van der Waals surface area contributed by atoms with E-state index >= 15 is 0 Å². The molecule has 1 saturated carbocycles. The van der Waals surface area contributed by atoms with Gasteiger partial charge in [0, 0.05) is 13.1 Å². The first kappa shape index (κ1) is 12.1. The minimum Gasteiger partial charge on any atom is -0.369 e. The molecule has 1 aliphatic rings. The van der Waals surface area contributed by atoms with E-state index in [4.69, 9.17) is 0 Å². The summed E-state index contributed by atoms with van der Waals surface area (Å²) in [6.07, 6.45) is 7.63. The van der Waals surface area contributed by atoms with Crippen LogP contribution in [0.5, 0.6) is 0 Å². The largest absolute Gasteiger partial charge is 0.369 e. The Morgan fingerprint density at radius 1 is 1.24 bits per heavy atom. The molecule has 1 fully saturated rings. The van der Waals surface area contributed by atoms with Crippen molar-refractivity contribution in [3.63, 3.8) is 0 Å². The Balaban J connectivity index is 1.87. The summed E-state index contributed by atoms with van der Waals surface area (Å²) < 4.78 is 0. The number of hydrogen-bond acceptors (Lipinski definition) is 4. The second kappa shape index (κ2) is 5.84. The zero-order valence-electron chi connectivity index (χ0n) is 10.7. The lowest BCUT2D eigenvalue weighted by Gasteiger charge is -2.16. The predicted molar refractivity (Wildman–Crippen MR) is 71.2 cm³/mol. The molecule has 4 nitrogen and oxygen atoms in total. The highest BCUT2D eigenvalue weighted by atomic mass is 15.1. The molecule has 1 aromatic rings. The molecule has 1 aromatic heterocycles. The topological polar surface area (TPSA) is 49.8 Å². The van der Waals surface area contributed by atoms with Gasteiger partial charge in [0.15, 0.2) is 0 Å². The predicted octanol–water partition coefficient (Wildman–Crippen LogP) is 2.76. The van der Waals surface area contributed by atoms with Crippen LogP contribution in [0.15, 0.2) is 12.4 Å². The Morgan fingerprint density at radius 2 is 2.00 bits per heavy atom. The van der Waals surface area contributed by atoms with Gasteiger partial charge in [-0.3, -0.25) is 4.98 Å². The molecule has 0 spiro atoms. The van der Waals surface area contributed by atoms with Gasteiger partial charge in [0.05, 0.1) is 12.4 Å². The van der Waals surface area contributed by atoms with Gasteiger partial charge in [-0.05, 0) is 25.2 Å². The third-order valence-electron chi connectivity index (χ3n) is 3.58. The first-order valence-electron chi connectivity index (χ1n) is 6.59. The highest BCUT2D eigenvalue weighted by Crippen LogP contribution is 2.31. The van der Waals surface area contributed by atoms with Gasteiger partial charge in [-0.1, -0.05) is 19.8 Å². The lowest BCUT2D eigenvalue weighted by Crippen LogP contribution is -2.17. The Bertz CT molecular complexity index is 353. The van der Waals surface area contributed by atoms with Crippen molar-refractivity contribution >= 4 is 11.6 Å². The summed E-state index contributed by atoms with van der Waals surface area (Å²) in [5, 5.41) is 6.57. The molecule has 0 saturated heterocycles. The van der Waals surface area contributed by atoms with Crippen molar-refractivity contribution in [1.82, 2.24) is 9.97 Å². The van der Waals surface area contributed by atoms with E-state index in [1.165, 1.54) is 19.3 Å². The maximum Gasteiger partial charge on any atom is 0.146 e. The SMILES string of the molecule is CCNc1cncc(NCC2CCCC2C)n1. The van der Waals surface area contributed by atoms with Crippen molar-refractivity contribution in [2.45, 2.75) is 33.1 Å². The molecule has 4 heteroatoms. The van der Waals surface area contributed by atoms with Crippen LogP contribution in [-0.2, 0) is 0 Å².